The third kappa shape index (κ3) is 3.23. The van der Waals surface area contributed by atoms with E-state index in [2.05, 4.69) is 37.3 Å². The van der Waals surface area contributed by atoms with Crippen molar-refractivity contribution in [2.45, 2.75) is 13.0 Å². The van der Waals surface area contributed by atoms with Crippen LogP contribution in [0, 0.1) is 12.7 Å². The van der Waals surface area contributed by atoms with Crippen molar-refractivity contribution < 1.29 is 4.39 Å². The standard InChI is InChI=1S/C14H13Br2FN2/c1-8-2-5-13(17)11(6-8)14(19-18)10-7-9(15)3-4-12(10)16/h2-7,14,19H,18H2,1H3. The summed E-state index contributed by atoms with van der Waals surface area (Å²) in [5.74, 6) is 5.34. The van der Waals surface area contributed by atoms with E-state index in [1.165, 1.54) is 6.07 Å². The van der Waals surface area contributed by atoms with Gasteiger partial charge in [0.2, 0.25) is 0 Å². The van der Waals surface area contributed by atoms with Crippen LogP contribution in [0.15, 0.2) is 45.3 Å². The third-order valence-corrected chi connectivity index (χ3v) is 4.11. The molecule has 19 heavy (non-hydrogen) atoms. The highest BCUT2D eigenvalue weighted by Gasteiger charge is 2.19. The summed E-state index contributed by atoms with van der Waals surface area (Å²) in [7, 11) is 0. The lowest BCUT2D eigenvalue weighted by atomic mass is 9.97. The van der Waals surface area contributed by atoms with Gasteiger partial charge in [0.05, 0.1) is 6.04 Å². The number of nitrogens with two attached hydrogens (primary N) is 1. The molecule has 0 aliphatic rings. The molecule has 0 aromatic heterocycles. The molecule has 0 spiro atoms. The van der Waals surface area contributed by atoms with Crippen molar-refractivity contribution in [1.29, 1.82) is 0 Å². The molecule has 0 radical (unpaired) electrons. The zero-order valence-corrected chi connectivity index (χ0v) is 13.4. The topological polar surface area (TPSA) is 38.0 Å². The minimum absolute atomic E-state index is 0.277. The van der Waals surface area contributed by atoms with Gasteiger partial charge in [-0.05, 0) is 36.8 Å². The van der Waals surface area contributed by atoms with E-state index in [1.54, 1.807) is 12.1 Å². The smallest absolute Gasteiger partial charge is 0.128 e. The van der Waals surface area contributed by atoms with Gasteiger partial charge in [-0.15, -0.1) is 0 Å². The Labute approximate surface area is 128 Å². The summed E-state index contributed by atoms with van der Waals surface area (Å²) in [6.07, 6.45) is 0. The number of nitrogens with one attached hydrogen (secondary N) is 1. The Morgan fingerprint density at radius 3 is 2.53 bits per heavy atom. The van der Waals surface area contributed by atoms with Gasteiger partial charge in [0, 0.05) is 14.5 Å². The van der Waals surface area contributed by atoms with Crippen molar-refractivity contribution in [2.75, 3.05) is 0 Å². The fourth-order valence-corrected chi connectivity index (χ4v) is 2.82. The summed E-state index contributed by atoms with van der Waals surface area (Å²) in [6, 6.07) is 10.3. The lowest BCUT2D eigenvalue weighted by Crippen LogP contribution is -2.30. The third-order valence-electron chi connectivity index (χ3n) is 2.90. The molecular weight excluding hydrogens is 375 g/mol. The van der Waals surface area contributed by atoms with Crippen LogP contribution in [0.1, 0.15) is 22.7 Å². The second kappa shape index (κ2) is 6.13. The first kappa shape index (κ1) is 14.7. The Morgan fingerprint density at radius 2 is 1.84 bits per heavy atom. The van der Waals surface area contributed by atoms with E-state index in [-0.39, 0.29) is 5.82 Å². The Bertz CT molecular complexity index is 550. The molecule has 1 unspecified atom stereocenters. The molecule has 2 aromatic rings. The maximum absolute atomic E-state index is 14.0. The van der Waals surface area contributed by atoms with Crippen LogP contribution in [0.2, 0.25) is 0 Å². The van der Waals surface area contributed by atoms with Crippen LogP contribution < -0.4 is 11.3 Å². The zero-order chi connectivity index (χ0) is 14.0. The molecule has 5 heteroatoms. The molecule has 2 rings (SSSR count). The van der Waals surface area contributed by atoms with Crippen molar-refractivity contribution in [3.05, 3.63) is 67.9 Å². The highest BCUT2D eigenvalue weighted by atomic mass is 79.9. The average Bonchev–Trinajstić information content (AvgIpc) is 2.38. The van der Waals surface area contributed by atoms with Gasteiger partial charge in [-0.3, -0.25) is 5.84 Å². The maximum atomic E-state index is 14.0. The predicted octanol–water partition coefficient (Wildman–Crippen LogP) is 4.21. The van der Waals surface area contributed by atoms with Gasteiger partial charge >= 0.3 is 0 Å². The van der Waals surface area contributed by atoms with Gasteiger partial charge in [-0.25, -0.2) is 9.82 Å². The highest BCUT2D eigenvalue weighted by Crippen LogP contribution is 2.32. The van der Waals surface area contributed by atoms with E-state index in [4.69, 9.17) is 5.84 Å². The molecule has 1 atom stereocenters. The Kier molecular flexibility index (Phi) is 4.73. The SMILES string of the molecule is Cc1ccc(F)c(C(NN)c2cc(Br)ccc2Br)c1. The molecule has 0 saturated heterocycles. The number of hydrogen-bond donors (Lipinski definition) is 2. The number of halogens is 3. The number of rotatable bonds is 3. The first-order chi connectivity index (χ1) is 9.02. The first-order valence-electron chi connectivity index (χ1n) is 5.70. The van der Waals surface area contributed by atoms with Gasteiger partial charge in [0.1, 0.15) is 5.82 Å². The van der Waals surface area contributed by atoms with Crippen LogP contribution in [-0.2, 0) is 0 Å². The van der Waals surface area contributed by atoms with Gasteiger partial charge < -0.3 is 0 Å². The van der Waals surface area contributed by atoms with Crippen molar-refractivity contribution in [1.82, 2.24) is 5.43 Å². The summed E-state index contributed by atoms with van der Waals surface area (Å²) >= 11 is 6.89. The van der Waals surface area contributed by atoms with Crippen molar-refractivity contribution in [3.63, 3.8) is 0 Å². The Balaban J connectivity index is 2.55. The molecule has 2 aromatic carbocycles. The summed E-state index contributed by atoms with van der Waals surface area (Å²) in [4.78, 5) is 0. The number of benzene rings is 2. The predicted molar refractivity (Wildman–Crippen MR) is 82.1 cm³/mol. The monoisotopic (exact) mass is 386 g/mol. The number of hydrogen-bond acceptors (Lipinski definition) is 2. The molecule has 0 aliphatic heterocycles. The van der Waals surface area contributed by atoms with Crippen LogP contribution >= 0.6 is 31.9 Å². The molecule has 3 N–H and O–H groups in total. The molecule has 100 valence electrons. The molecule has 0 saturated carbocycles. The van der Waals surface area contributed by atoms with Crippen LogP contribution in [0.3, 0.4) is 0 Å². The fraction of sp³-hybridized carbons (Fsp3) is 0.143. The minimum Gasteiger partial charge on any atom is -0.271 e. The van der Waals surface area contributed by atoms with Gasteiger partial charge in [-0.2, -0.15) is 0 Å². The zero-order valence-electron chi connectivity index (χ0n) is 10.3. The maximum Gasteiger partial charge on any atom is 0.128 e. The summed E-state index contributed by atoms with van der Waals surface area (Å²) in [5.41, 5.74) is 5.07. The van der Waals surface area contributed by atoms with Crippen molar-refractivity contribution in [3.8, 4) is 0 Å². The van der Waals surface area contributed by atoms with E-state index < -0.39 is 6.04 Å². The van der Waals surface area contributed by atoms with E-state index in [9.17, 15) is 4.39 Å². The fourth-order valence-electron chi connectivity index (χ4n) is 1.97. The molecule has 0 heterocycles. The highest BCUT2D eigenvalue weighted by molar-refractivity contribution is 9.11. The van der Waals surface area contributed by atoms with E-state index >= 15 is 0 Å². The summed E-state index contributed by atoms with van der Waals surface area (Å²) in [6.45, 7) is 1.92. The molecule has 2 nitrogen and oxygen atoms in total. The van der Waals surface area contributed by atoms with Crippen LogP contribution in [0.25, 0.3) is 0 Å². The van der Waals surface area contributed by atoms with E-state index in [0.717, 1.165) is 20.1 Å². The quantitative estimate of drug-likeness (QED) is 0.611. The van der Waals surface area contributed by atoms with Crippen LogP contribution in [0.4, 0.5) is 4.39 Å². The van der Waals surface area contributed by atoms with Crippen LogP contribution in [0.5, 0.6) is 0 Å². The van der Waals surface area contributed by atoms with Crippen molar-refractivity contribution >= 4 is 31.9 Å². The molecule has 0 aliphatic carbocycles. The summed E-state index contributed by atoms with van der Waals surface area (Å²) in [5, 5.41) is 0. The lowest BCUT2D eigenvalue weighted by molar-refractivity contribution is 0.558. The van der Waals surface area contributed by atoms with E-state index in [1.807, 2.05) is 25.1 Å². The molecular formula is C14H13Br2FN2. The molecule has 0 bridgehead atoms. The average molecular weight is 388 g/mol. The van der Waals surface area contributed by atoms with Gasteiger partial charge in [0.15, 0.2) is 0 Å². The normalized spacial score (nSPS) is 12.5. The number of hydrazine groups is 1. The first-order valence-corrected chi connectivity index (χ1v) is 7.28. The van der Waals surface area contributed by atoms with Gasteiger partial charge in [-0.1, -0.05) is 49.6 Å². The lowest BCUT2D eigenvalue weighted by Gasteiger charge is -2.20. The number of aryl methyl sites for hydroxylation is 1. The summed E-state index contributed by atoms with van der Waals surface area (Å²) < 4.78 is 15.8. The Morgan fingerprint density at radius 1 is 1.11 bits per heavy atom. The largest absolute Gasteiger partial charge is 0.271 e. The molecule has 0 fully saturated rings. The van der Waals surface area contributed by atoms with Crippen molar-refractivity contribution in [2.24, 2.45) is 5.84 Å². The van der Waals surface area contributed by atoms with E-state index in [0.29, 0.717) is 5.56 Å². The minimum atomic E-state index is -0.410. The van der Waals surface area contributed by atoms with Gasteiger partial charge in [0.25, 0.3) is 0 Å². The Hall–Kier alpha value is -0.750. The second-order valence-corrected chi connectivity index (χ2v) is 6.06. The molecule has 0 amide bonds. The second-order valence-electron chi connectivity index (χ2n) is 4.29. The van der Waals surface area contributed by atoms with Crippen LogP contribution in [-0.4, -0.2) is 0 Å².